The molecular formula is C13H19BrN2O. The lowest BCUT2D eigenvalue weighted by atomic mass is 10.1. The van der Waals surface area contributed by atoms with Gasteiger partial charge in [-0.05, 0) is 53.4 Å². The molecule has 3 nitrogen and oxygen atoms in total. The van der Waals surface area contributed by atoms with Crippen LogP contribution in [-0.2, 0) is 0 Å². The average Bonchev–Trinajstić information content (AvgIpc) is 2.24. The molecule has 0 unspecified atom stereocenters. The molecule has 0 fully saturated rings. The van der Waals surface area contributed by atoms with Crippen molar-refractivity contribution in [3.63, 3.8) is 0 Å². The van der Waals surface area contributed by atoms with Crippen LogP contribution in [0.5, 0.6) is 0 Å². The van der Waals surface area contributed by atoms with Gasteiger partial charge in [0.05, 0.1) is 5.69 Å². The largest absolute Gasteiger partial charge is 0.338 e. The van der Waals surface area contributed by atoms with E-state index in [1.807, 2.05) is 26.0 Å². The van der Waals surface area contributed by atoms with Gasteiger partial charge < -0.3 is 10.6 Å². The Balaban J connectivity index is 2.65. The number of nitrogens with one attached hydrogen (secondary N) is 2. The van der Waals surface area contributed by atoms with E-state index in [2.05, 4.69) is 33.5 Å². The molecule has 0 bridgehead atoms. The third kappa shape index (κ3) is 4.38. The molecule has 94 valence electrons. The summed E-state index contributed by atoms with van der Waals surface area (Å²) in [5.41, 5.74) is 3.07. The number of amides is 2. The number of halogens is 1. The van der Waals surface area contributed by atoms with Crippen molar-refractivity contribution in [1.82, 2.24) is 5.32 Å². The molecule has 0 aliphatic carbocycles. The number of urea groups is 1. The lowest BCUT2D eigenvalue weighted by Gasteiger charge is -2.12. The molecule has 0 aliphatic rings. The molecule has 2 N–H and O–H groups in total. The van der Waals surface area contributed by atoms with Crippen LogP contribution in [0.1, 0.15) is 30.9 Å². The molecule has 0 aliphatic heterocycles. The molecule has 2 amide bonds. The minimum Gasteiger partial charge on any atom is -0.338 e. The maximum Gasteiger partial charge on any atom is 0.319 e. The van der Waals surface area contributed by atoms with E-state index in [-0.39, 0.29) is 6.03 Å². The summed E-state index contributed by atoms with van der Waals surface area (Å²) in [6.45, 7) is 6.83. The fraction of sp³-hybridized carbons (Fsp3) is 0.462. The third-order valence-electron chi connectivity index (χ3n) is 2.49. The van der Waals surface area contributed by atoms with Crippen molar-refractivity contribution >= 4 is 27.6 Å². The smallest absolute Gasteiger partial charge is 0.319 e. The topological polar surface area (TPSA) is 41.1 Å². The van der Waals surface area contributed by atoms with Crippen molar-refractivity contribution in [2.24, 2.45) is 0 Å². The molecule has 1 aromatic carbocycles. The highest BCUT2D eigenvalue weighted by atomic mass is 79.9. The number of unbranched alkanes of at least 4 members (excludes halogenated alkanes) is 1. The number of rotatable bonds is 4. The predicted octanol–water partition coefficient (Wildman–Crippen LogP) is 3.99. The zero-order valence-corrected chi connectivity index (χ0v) is 12.1. The highest BCUT2D eigenvalue weighted by Gasteiger charge is 2.08. The van der Waals surface area contributed by atoms with Crippen LogP contribution in [0.15, 0.2) is 16.6 Å². The average molecular weight is 299 g/mol. The van der Waals surface area contributed by atoms with Gasteiger partial charge in [-0.25, -0.2) is 4.79 Å². The molecule has 1 aromatic rings. The van der Waals surface area contributed by atoms with E-state index in [4.69, 9.17) is 0 Å². The van der Waals surface area contributed by atoms with Gasteiger partial charge in [-0.15, -0.1) is 0 Å². The Hall–Kier alpha value is -1.03. The van der Waals surface area contributed by atoms with Gasteiger partial charge in [0, 0.05) is 11.0 Å². The van der Waals surface area contributed by atoms with Gasteiger partial charge in [0.15, 0.2) is 0 Å². The molecule has 1 rings (SSSR count). The van der Waals surface area contributed by atoms with Crippen LogP contribution in [0.3, 0.4) is 0 Å². The lowest BCUT2D eigenvalue weighted by Crippen LogP contribution is -2.29. The van der Waals surface area contributed by atoms with Crippen LogP contribution < -0.4 is 10.6 Å². The van der Waals surface area contributed by atoms with E-state index in [9.17, 15) is 4.79 Å². The predicted molar refractivity (Wildman–Crippen MR) is 75.5 cm³/mol. The third-order valence-corrected chi connectivity index (χ3v) is 3.11. The summed E-state index contributed by atoms with van der Waals surface area (Å²) < 4.78 is 0.917. The molecule has 0 radical (unpaired) electrons. The van der Waals surface area contributed by atoms with Crippen molar-refractivity contribution < 1.29 is 4.79 Å². The minimum atomic E-state index is -0.147. The quantitative estimate of drug-likeness (QED) is 0.811. The highest BCUT2D eigenvalue weighted by molar-refractivity contribution is 9.10. The summed E-state index contributed by atoms with van der Waals surface area (Å²) in [4.78, 5) is 11.6. The van der Waals surface area contributed by atoms with E-state index < -0.39 is 0 Å². The number of benzene rings is 1. The Morgan fingerprint density at radius 2 is 2.06 bits per heavy atom. The van der Waals surface area contributed by atoms with Gasteiger partial charge in [-0.3, -0.25) is 0 Å². The minimum absolute atomic E-state index is 0.147. The zero-order chi connectivity index (χ0) is 12.8. The summed E-state index contributed by atoms with van der Waals surface area (Å²) in [5, 5.41) is 5.70. The van der Waals surface area contributed by atoms with Crippen molar-refractivity contribution in [3.05, 3.63) is 27.7 Å². The Morgan fingerprint density at radius 3 is 2.65 bits per heavy atom. The summed E-state index contributed by atoms with van der Waals surface area (Å²) >= 11 is 3.47. The van der Waals surface area contributed by atoms with Crippen LogP contribution in [-0.4, -0.2) is 12.6 Å². The number of aryl methyl sites for hydroxylation is 2. The maximum absolute atomic E-state index is 11.6. The summed E-state index contributed by atoms with van der Waals surface area (Å²) in [6.07, 6.45) is 2.08. The molecule has 17 heavy (non-hydrogen) atoms. The molecule has 4 heteroatoms. The van der Waals surface area contributed by atoms with E-state index >= 15 is 0 Å². The molecule has 0 aromatic heterocycles. The summed E-state index contributed by atoms with van der Waals surface area (Å²) in [5.74, 6) is 0. The Kier molecular flexibility index (Phi) is 5.48. The lowest BCUT2D eigenvalue weighted by molar-refractivity contribution is 0.252. The number of hydrogen-bond acceptors (Lipinski definition) is 1. The summed E-state index contributed by atoms with van der Waals surface area (Å²) in [7, 11) is 0. The van der Waals surface area contributed by atoms with Crippen molar-refractivity contribution in [1.29, 1.82) is 0 Å². The van der Waals surface area contributed by atoms with Gasteiger partial charge in [0.2, 0.25) is 0 Å². The number of anilines is 1. The van der Waals surface area contributed by atoms with Gasteiger partial charge in [-0.2, -0.15) is 0 Å². The molecule has 0 saturated carbocycles. The maximum atomic E-state index is 11.6. The van der Waals surface area contributed by atoms with Crippen LogP contribution in [0.2, 0.25) is 0 Å². The second-order valence-corrected chi connectivity index (χ2v) is 5.03. The van der Waals surface area contributed by atoms with Crippen molar-refractivity contribution in [3.8, 4) is 0 Å². The normalized spacial score (nSPS) is 10.1. The first-order valence-electron chi connectivity index (χ1n) is 5.86. The highest BCUT2D eigenvalue weighted by Crippen LogP contribution is 2.27. The number of carbonyl (C=O) groups is 1. The molecule has 0 saturated heterocycles. The summed E-state index contributed by atoms with van der Waals surface area (Å²) in [6, 6.07) is 3.90. The van der Waals surface area contributed by atoms with Gasteiger partial charge in [0.25, 0.3) is 0 Å². The fourth-order valence-electron chi connectivity index (χ4n) is 1.61. The van der Waals surface area contributed by atoms with Gasteiger partial charge in [-0.1, -0.05) is 19.4 Å². The monoisotopic (exact) mass is 298 g/mol. The van der Waals surface area contributed by atoms with E-state index in [1.54, 1.807) is 0 Å². The molecule has 0 heterocycles. The number of hydrogen-bond donors (Lipinski definition) is 2. The molecular weight excluding hydrogens is 280 g/mol. The van der Waals surface area contributed by atoms with Gasteiger partial charge >= 0.3 is 6.03 Å². The Morgan fingerprint density at radius 1 is 1.35 bits per heavy atom. The SMILES string of the molecule is CCCCNC(=O)Nc1c(C)cc(C)cc1Br. The molecule has 0 spiro atoms. The first-order chi connectivity index (χ1) is 8.04. The Bertz CT molecular complexity index is 381. The van der Waals surface area contributed by atoms with Crippen LogP contribution in [0, 0.1) is 13.8 Å². The van der Waals surface area contributed by atoms with Crippen LogP contribution in [0.4, 0.5) is 10.5 Å². The van der Waals surface area contributed by atoms with E-state index in [0.717, 1.165) is 28.6 Å². The first kappa shape index (κ1) is 14.0. The molecule has 0 atom stereocenters. The standard InChI is InChI=1S/C13H19BrN2O/c1-4-5-6-15-13(17)16-12-10(3)7-9(2)8-11(12)14/h7-8H,4-6H2,1-3H3,(H2,15,16,17). The van der Waals surface area contributed by atoms with E-state index in [0.29, 0.717) is 6.54 Å². The Labute approximate surface area is 111 Å². The second-order valence-electron chi connectivity index (χ2n) is 4.17. The van der Waals surface area contributed by atoms with Crippen LogP contribution >= 0.6 is 15.9 Å². The van der Waals surface area contributed by atoms with Gasteiger partial charge in [0.1, 0.15) is 0 Å². The van der Waals surface area contributed by atoms with E-state index in [1.165, 1.54) is 5.56 Å². The zero-order valence-electron chi connectivity index (χ0n) is 10.6. The van der Waals surface area contributed by atoms with Crippen molar-refractivity contribution in [2.75, 3.05) is 11.9 Å². The number of carbonyl (C=O) groups excluding carboxylic acids is 1. The first-order valence-corrected chi connectivity index (χ1v) is 6.65. The van der Waals surface area contributed by atoms with Crippen LogP contribution in [0.25, 0.3) is 0 Å². The fourth-order valence-corrected chi connectivity index (χ4v) is 2.38. The second kappa shape index (κ2) is 6.64. The van der Waals surface area contributed by atoms with Crippen molar-refractivity contribution in [2.45, 2.75) is 33.6 Å².